The molecule has 4 heteroatoms. The lowest BCUT2D eigenvalue weighted by molar-refractivity contribution is 0.0522. The Morgan fingerprint density at radius 2 is 1.59 bits per heavy atom. The van der Waals surface area contributed by atoms with Crippen molar-refractivity contribution in [3.8, 4) is 0 Å². The molecule has 1 aliphatic carbocycles. The van der Waals surface area contributed by atoms with E-state index in [9.17, 15) is 4.79 Å². The number of nitrogens with zero attached hydrogens (tertiary/aromatic N) is 1. The van der Waals surface area contributed by atoms with E-state index in [1.165, 1.54) is 32.1 Å². The molecule has 0 aromatic carbocycles. The minimum atomic E-state index is 0.110. The first kappa shape index (κ1) is 12.7. The average molecular weight is 240 g/mol. The van der Waals surface area contributed by atoms with Crippen molar-refractivity contribution < 1.29 is 9.53 Å². The second-order valence-corrected chi connectivity index (χ2v) is 5.09. The molecule has 1 saturated carbocycles. The topological polar surface area (TPSA) is 41.6 Å². The summed E-state index contributed by atoms with van der Waals surface area (Å²) < 4.78 is 5.25. The zero-order chi connectivity index (χ0) is 11.9. The van der Waals surface area contributed by atoms with E-state index in [0.717, 1.165) is 25.9 Å². The lowest BCUT2D eigenvalue weighted by Crippen LogP contribution is -2.49. The van der Waals surface area contributed by atoms with Gasteiger partial charge in [0, 0.05) is 19.1 Å². The number of hydrogen-bond donors (Lipinski definition) is 1. The molecule has 1 heterocycles. The fraction of sp³-hybridized carbons (Fsp3) is 0.923. The summed E-state index contributed by atoms with van der Waals surface area (Å²) in [4.78, 5) is 13.9. The maximum atomic E-state index is 12.0. The number of carbonyl (C=O) groups is 1. The van der Waals surface area contributed by atoms with Crippen LogP contribution < -0.4 is 5.32 Å². The number of hydrogen-bond acceptors (Lipinski definition) is 2. The molecule has 0 unspecified atom stereocenters. The van der Waals surface area contributed by atoms with Crippen molar-refractivity contribution in [1.29, 1.82) is 0 Å². The summed E-state index contributed by atoms with van der Waals surface area (Å²) in [5.41, 5.74) is 0. The van der Waals surface area contributed by atoms with Crippen LogP contribution >= 0.6 is 0 Å². The molecule has 4 nitrogen and oxygen atoms in total. The van der Waals surface area contributed by atoms with Crippen LogP contribution in [0, 0.1) is 0 Å². The first-order valence-corrected chi connectivity index (χ1v) is 6.99. The summed E-state index contributed by atoms with van der Waals surface area (Å²) in [6, 6.07) is 0.504. The Labute approximate surface area is 104 Å². The number of amides is 2. The van der Waals surface area contributed by atoms with E-state index in [4.69, 9.17) is 4.74 Å². The third kappa shape index (κ3) is 4.19. The molecule has 0 atom stereocenters. The molecular weight excluding hydrogens is 216 g/mol. The van der Waals surface area contributed by atoms with Crippen molar-refractivity contribution >= 4 is 6.03 Å². The van der Waals surface area contributed by atoms with E-state index in [-0.39, 0.29) is 6.03 Å². The summed E-state index contributed by atoms with van der Waals surface area (Å²) in [5, 5.41) is 3.19. The van der Waals surface area contributed by atoms with Crippen LogP contribution in [0.2, 0.25) is 0 Å². The predicted molar refractivity (Wildman–Crippen MR) is 67.0 cm³/mol. The van der Waals surface area contributed by atoms with E-state index >= 15 is 0 Å². The monoisotopic (exact) mass is 240 g/mol. The maximum Gasteiger partial charge on any atom is 0.317 e. The molecule has 1 aliphatic heterocycles. The third-order valence-electron chi connectivity index (χ3n) is 3.73. The van der Waals surface area contributed by atoms with Gasteiger partial charge in [0.05, 0.1) is 13.2 Å². The number of urea groups is 1. The fourth-order valence-corrected chi connectivity index (χ4v) is 2.63. The third-order valence-corrected chi connectivity index (χ3v) is 3.73. The van der Waals surface area contributed by atoms with Crippen LogP contribution in [0.15, 0.2) is 0 Å². The SMILES string of the molecule is O=C(NC1CCCCCCC1)N1CCOCC1. The molecule has 0 aromatic rings. The quantitative estimate of drug-likeness (QED) is 0.763. The van der Waals surface area contributed by atoms with Gasteiger partial charge in [0.2, 0.25) is 0 Å². The Balaban J connectivity index is 1.75. The van der Waals surface area contributed by atoms with E-state index in [2.05, 4.69) is 5.32 Å². The van der Waals surface area contributed by atoms with E-state index in [1.54, 1.807) is 0 Å². The van der Waals surface area contributed by atoms with Crippen molar-refractivity contribution in [2.75, 3.05) is 26.3 Å². The van der Waals surface area contributed by atoms with Crippen molar-refractivity contribution in [3.05, 3.63) is 0 Å². The smallest absolute Gasteiger partial charge is 0.317 e. The van der Waals surface area contributed by atoms with Crippen molar-refractivity contribution in [2.24, 2.45) is 0 Å². The standard InChI is InChI=1S/C13H24N2O2/c16-13(15-8-10-17-11-9-15)14-12-6-4-2-1-3-5-7-12/h12H,1-11H2,(H,14,16). The highest BCUT2D eigenvalue weighted by Gasteiger charge is 2.20. The van der Waals surface area contributed by atoms with Gasteiger partial charge in [-0.3, -0.25) is 0 Å². The average Bonchev–Trinajstić information content (AvgIpc) is 2.33. The number of rotatable bonds is 1. The van der Waals surface area contributed by atoms with Gasteiger partial charge in [0.1, 0.15) is 0 Å². The fourth-order valence-electron chi connectivity index (χ4n) is 2.63. The molecule has 1 N–H and O–H groups in total. The van der Waals surface area contributed by atoms with Crippen molar-refractivity contribution in [3.63, 3.8) is 0 Å². The molecule has 0 radical (unpaired) electrons. The molecule has 1 saturated heterocycles. The molecule has 98 valence electrons. The highest BCUT2D eigenvalue weighted by Crippen LogP contribution is 2.17. The molecule has 2 fully saturated rings. The van der Waals surface area contributed by atoms with E-state index < -0.39 is 0 Å². The number of nitrogens with one attached hydrogen (secondary N) is 1. The van der Waals surface area contributed by atoms with Crippen LogP contribution in [0.3, 0.4) is 0 Å². The second-order valence-electron chi connectivity index (χ2n) is 5.09. The summed E-state index contributed by atoms with van der Waals surface area (Å²) in [6.45, 7) is 2.83. The minimum Gasteiger partial charge on any atom is -0.378 e. The Bertz CT molecular complexity index is 232. The minimum absolute atomic E-state index is 0.110. The molecule has 17 heavy (non-hydrogen) atoms. The van der Waals surface area contributed by atoms with Crippen LogP contribution in [0.4, 0.5) is 4.79 Å². The summed E-state index contributed by atoms with van der Waals surface area (Å²) in [5.74, 6) is 0. The van der Waals surface area contributed by atoms with Crippen LogP contribution in [0.1, 0.15) is 44.9 Å². The van der Waals surface area contributed by atoms with Gasteiger partial charge in [0.15, 0.2) is 0 Å². The van der Waals surface area contributed by atoms with Gasteiger partial charge in [0.25, 0.3) is 0 Å². The highest BCUT2D eigenvalue weighted by molar-refractivity contribution is 5.74. The Morgan fingerprint density at radius 1 is 1.00 bits per heavy atom. The zero-order valence-corrected chi connectivity index (χ0v) is 10.6. The number of ether oxygens (including phenoxy) is 1. The van der Waals surface area contributed by atoms with E-state index in [1.807, 2.05) is 4.90 Å². The van der Waals surface area contributed by atoms with Crippen LogP contribution in [0.25, 0.3) is 0 Å². The van der Waals surface area contributed by atoms with Crippen LogP contribution in [-0.2, 0) is 4.74 Å². The maximum absolute atomic E-state index is 12.0. The van der Waals surface area contributed by atoms with Gasteiger partial charge in [-0.15, -0.1) is 0 Å². The molecule has 2 amide bonds. The Hall–Kier alpha value is -0.770. The van der Waals surface area contributed by atoms with Gasteiger partial charge in [-0.2, -0.15) is 0 Å². The summed E-state index contributed by atoms with van der Waals surface area (Å²) in [6.07, 6.45) is 8.83. The first-order chi connectivity index (χ1) is 8.36. The van der Waals surface area contributed by atoms with Crippen LogP contribution in [-0.4, -0.2) is 43.3 Å². The van der Waals surface area contributed by atoms with Gasteiger partial charge in [-0.1, -0.05) is 32.1 Å². The van der Waals surface area contributed by atoms with Crippen LogP contribution in [0.5, 0.6) is 0 Å². The number of morpholine rings is 1. The molecule has 0 aromatic heterocycles. The molecule has 0 bridgehead atoms. The summed E-state index contributed by atoms with van der Waals surface area (Å²) >= 11 is 0. The van der Waals surface area contributed by atoms with Gasteiger partial charge in [-0.25, -0.2) is 4.79 Å². The molecule has 2 aliphatic rings. The van der Waals surface area contributed by atoms with Crippen molar-refractivity contribution in [2.45, 2.75) is 51.0 Å². The van der Waals surface area contributed by atoms with Gasteiger partial charge in [-0.05, 0) is 12.8 Å². The second kappa shape index (κ2) is 6.84. The van der Waals surface area contributed by atoms with E-state index in [0.29, 0.717) is 19.3 Å². The molecular formula is C13H24N2O2. The lowest BCUT2D eigenvalue weighted by atomic mass is 9.97. The largest absolute Gasteiger partial charge is 0.378 e. The lowest BCUT2D eigenvalue weighted by Gasteiger charge is -2.30. The van der Waals surface area contributed by atoms with Gasteiger partial charge >= 0.3 is 6.03 Å². The normalized spacial score (nSPS) is 23.9. The summed E-state index contributed by atoms with van der Waals surface area (Å²) in [7, 11) is 0. The Kier molecular flexibility index (Phi) is 5.10. The molecule has 0 spiro atoms. The Morgan fingerprint density at radius 3 is 2.24 bits per heavy atom. The predicted octanol–water partition coefficient (Wildman–Crippen LogP) is 2.14. The molecule has 2 rings (SSSR count). The van der Waals surface area contributed by atoms with Gasteiger partial charge < -0.3 is 15.0 Å². The van der Waals surface area contributed by atoms with Crippen molar-refractivity contribution in [1.82, 2.24) is 10.2 Å². The highest BCUT2D eigenvalue weighted by atomic mass is 16.5. The zero-order valence-electron chi connectivity index (χ0n) is 10.6. The first-order valence-electron chi connectivity index (χ1n) is 6.99. The number of carbonyl (C=O) groups excluding carboxylic acids is 1.